The molecule has 0 unspecified atom stereocenters. The van der Waals surface area contributed by atoms with E-state index in [1.807, 2.05) is 12.1 Å². The number of nitrogens with one attached hydrogen (secondary N) is 1. The maximum atomic E-state index is 12.2. The molecule has 3 rings (SSSR count). The lowest BCUT2D eigenvalue weighted by molar-refractivity contribution is -0.115. The standard InChI is InChI=1S/C18H20Cl2N4O/c1-23-6-8-24(9-7-23)17-5-3-14(12-21-17)22-18(25)11-13-2-4-15(19)16(20)10-13/h2-5,10,12H,6-9,11H2,1H3,(H,22,25). The highest BCUT2D eigenvalue weighted by Gasteiger charge is 2.15. The number of piperazine rings is 1. The van der Waals surface area contributed by atoms with Crippen molar-refractivity contribution in [1.82, 2.24) is 9.88 Å². The van der Waals surface area contributed by atoms with Gasteiger partial charge >= 0.3 is 0 Å². The van der Waals surface area contributed by atoms with Gasteiger partial charge in [-0.25, -0.2) is 4.98 Å². The Balaban J connectivity index is 1.57. The fraction of sp³-hybridized carbons (Fsp3) is 0.333. The third kappa shape index (κ3) is 4.84. The lowest BCUT2D eigenvalue weighted by Crippen LogP contribution is -2.44. The van der Waals surface area contributed by atoms with Crippen LogP contribution in [0, 0.1) is 0 Å². The van der Waals surface area contributed by atoms with Crippen LogP contribution in [-0.4, -0.2) is 49.0 Å². The number of rotatable bonds is 4. The summed E-state index contributed by atoms with van der Waals surface area (Å²) in [5.74, 6) is 0.822. The van der Waals surface area contributed by atoms with Gasteiger partial charge < -0.3 is 15.1 Å². The molecule has 5 nitrogen and oxygen atoms in total. The van der Waals surface area contributed by atoms with Crippen LogP contribution in [0.3, 0.4) is 0 Å². The van der Waals surface area contributed by atoms with E-state index in [-0.39, 0.29) is 12.3 Å². The van der Waals surface area contributed by atoms with Crippen LogP contribution in [0.5, 0.6) is 0 Å². The van der Waals surface area contributed by atoms with Crippen molar-refractivity contribution < 1.29 is 4.79 Å². The number of amides is 1. The van der Waals surface area contributed by atoms with Crippen LogP contribution in [0.15, 0.2) is 36.5 Å². The Kier molecular flexibility index (Phi) is 5.78. The summed E-state index contributed by atoms with van der Waals surface area (Å²) in [6.45, 7) is 3.99. The fourth-order valence-electron chi connectivity index (χ4n) is 2.72. The third-order valence-corrected chi connectivity index (χ3v) is 4.95. The molecule has 0 spiro atoms. The quantitative estimate of drug-likeness (QED) is 0.886. The van der Waals surface area contributed by atoms with E-state index in [2.05, 4.69) is 27.1 Å². The molecular weight excluding hydrogens is 359 g/mol. The first-order valence-electron chi connectivity index (χ1n) is 8.14. The number of benzene rings is 1. The Morgan fingerprint density at radius 3 is 2.52 bits per heavy atom. The molecule has 1 N–H and O–H groups in total. The number of pyridine rings is 1. The van der Waals surface area contributed by atoms with Crippen molar-refractivity contribution in [2.75, 3.05) is 43.4 Å². The molecule has 1 aromatic carbocycles. The number of carbonyl (C=O) groups excluding carboxylic acids is 1. The van der Waals surface area contributed by atoms with Gasteiger partial charge in [-0.15, -0.1) is 0 Å². The summed E-state index contributed by atoms with van der Waals surface area (Å²) in [6.07, 6.45) is 1.93. The zero-order valence-electron chi connectivity index (χ0n) is 14.0. The number of carbonyl (C=O) groups is 1. The Hall–Kier alpha value is -1.82. The van der Waals surface area contributed by atoms with Gasteiger partial charge in [0.15, 0.2) is 0 Å². The second-order valence-electron chi connectivity index (χ2n) is 6.17. The molecular formula is C18H20Cl2N4O. The molecule has 1 aliphatic rings. The molecule has 1 fully saturated rings. The molecule has 1 saturated heterocycles. The Labute approximate surface area is 157 Å². The smallest absolute Gasteiger partial charge is 0.228 e. The molecule has 25 heavy (non-hydrogen) atoms. The molecule has 0 saturated carbocycles. The average Bonchev–Trinajstić information content (AvgIpc) is 2.60. The summed E-state index contributed by atoms with van der Waals surface area (Å²) < 4.78 is 0. The lowest BCUT2D eigenvalue weighted by atomic mass is 10.1. The van der Waals surface area contributed by atoms with E-state index in [0.717, 1.165) is 37.6 Å². The number of nitrogens with zero attached hydrogens (tertiary/aromatic N) is 3. The highest BCUT2D eigenvalue weighted by molar-refractivity contribution is 6.42. The highest BCUT2D eigenvalue weighted by Crippen LogP contribution is 2.23. The van der Waals surface area contributed by atoms with Gasteiger partial charge in [-0.05, 0) is 36.9 Å². The number of anilines is 2. The second kappa shape index (κ2) is 8.04. The first kappa shape index (κ1) is 18.0. The van der Waals surface area contributed by atoms with Crippen molar-refractivity contribution in [2.45, 2.75) is 6.42 Å². The molecule has 0 radical (unpaired) electrons. The number of halogens is 2. The summed E-state index contributed by atoms with van der Waals surface area (Å²) in [6, 6.07) is 9.02. The van der Waals surface area contributed by atoms with Crippen LogP contribution in [0.4, 0.5) is 11.5 Å². The van der Waals surface area contributed by atoms with Crippen LogP contribution in [0.1, 0.15) is 5.56 Å². The minimum Gasteiger partial charge on any atom is -0.354 e. The van der Waals surface area contributed by atoms with Gasteiger partial charge in [0.1, 0.15) is 5.82 Å². The highest BCUT2D eigenvalue weighted by atomic mass is 35.5. The van der Waals surface area contributed by atoms with E-state index in [1.54, 1.807) is 24.4 Å². The summed E-state index contributed by atoms with van der Waals surface area (Å²) in [7, 11) is 2.12. The normalized spacial score (nSPS) is 15.2. The van der Waals surface area contributed by atoms with E-state index >= 15 is 0 Å². The summed E-state index contributed by atoms with van der Waals surface area (Å²) in [5.41, 5.74) is 1.50. The maximum Gasteiger partial charge on any atom is 0.228 e. The van der Waals surface area contributed by atoms with Crippen LogP contribution < -0.4 is 10.2 Å². The third-order valence-electron chi connectivity index (χ3n) is 4.21. The largest absolute Gasteiger partial charge is 0.354 e. The van der Waals surface area contributed by atoms with Gasteiger partial charge in [0.05, 0.1) is 28.4 Å². The van der Waals surface area contributed by atoms with Crippen molar-refractivity contribution in [3.63, 3.8) is 0 Å². The van der Waals surface area contributed by atoms with E-state index in [4.69, 9.17) is 23.2 Å². The first-order chi connectivity index (χ1) is 12.0. The summed E-state index contributed by atoms with van der Waals surface area (Å²) >= 11 is 11.9. The van der Waals surface area contributed by atoms with Crippen LogP contribution in [0.2, 0.25) is 10.0 Å². The van der Waals surface area contributed by atoms with Gasteiger partial charge in [-0.3, -0.25) is 4.79 Å². The molecule has 1 aromatic heterocycles. The minimum absolute atomic E-state index is 0.118. The number of hydrogen-bond donors (Lipinski definition) is 1. The van der Waals surface area contributed by atoms with Crippen molar-refractivity contribution in [1.29, 1.82) is 0 Å². The average molecular weight is 379 g/mol. The predicted molar refractivity (Wildman–Crippen MR) is 103 cm³/mol. The zero-order valence-corrected chi connectivity index (χ0v) is 15.5. The SMILES string of the molecule is CN1CCN(c2ccc(NC(=O)Cc3ccc(Cl)c(Cl)c3)cn2)CC1. The molecule has 1 aliphatic heterocycles. The molecule has 0 atom stereocenters. The van der Waals surface area contributed by atoms with Gasteiger partial charge in [-0.2, -0.15) is 0 Å². The van der Waals surface area contributed by atoms with E-state index in [9.17, 15) is 4.79 Å². The van der Waals surface area contributed by atoms with Gasteiger partial charge in [0.25, 0.3) is 0 Å². The van der Waals surface area contributed by atoms with E-state index in [1.165, 1.54) is 0 Å². The monoisotopic (exact) mass is 378 g/mol. The molecule has 2 heterocycles. The molecule has 7 heteroatoms. The van der Waals surface area contributed by atoms with Crippen molar-refractivity contribution in [2.24, 2.45) is 0 Å². The number of aromatic nitrogens is 1. The van der Waals surface area contributed by atoms with Gasteiger partial charge in [0, 0.05) is 26.2 Å². The van der Waals surface area contributed by atoms with Crippen LogP contribution in [-0.2, 0) is 11.2 Å². The molecule has 132 valence electrons. The first-order valence-corrected chi connectivity index (χ1v) is 8.90. The van der Waals surface area contributed by atoms with Crippen LogP contribution >= 0.6 is 23.2 Å². The van der Waals surface area contributed by atoms with Gasteiger partial charge in [-0.1, -0.05) is 29.3 Å². The number of likely N-dealkylation sites (N-methyl/N-ethyl adjacent to an activating group) is 1. The second-order valence-corrected chi connectivity index (χ2v) is 6.98. The molecule has 0 aliphatic carbocycles. The minimum atomic E-state index is -0.118. The van der Waals surface area contributed by atoms with E-state index < -0.39 is 0 Å². The lowest BCUT2D eigenvalue weighted by Gasteiger charge is -2.33. The Bertz CT molecular complexity index is 743. The summed E-state index contributed by atoms with van der Waals surface area (Å²) in [4.78, 5) is 21.2. The van der Waals surface area contributed by atoms with Crippen molar-refractivity contribution >= 4 is 40.6 Å². The molecule has 2 aromatic rings. The topological polar surface area (TPSA) is 48.5 Å². The van der Waals surface area contributed by atoms with Crippen LogP contribution in [0.25, 0.3) is 0 Å². The van der Waals surface area contributed by atoms with Crippen molar-refractivity contribution in [3.05, 3.63) is 52.1 Å². The summed E-state index contributed by atoms with van der Waals surface area (Å²) in [5, 5.41) is 3.79. The molecule has 1 amide bonds. The number of hydrogen-bond acceptors (Lipinski definition) is 4. The molecule has 0 bridgehead atoms. The van der Waals surface area contributed by atoms with Gasteiger partial charge in [0.2, 0.25) is 5.91 Å². The van der Waals surface area contributed by atoms with E-state index in [0.29, 0.717) is 15.7 Å². The van der Waals surface area contributed by atoms with Crippen molar-refractivity contribution in [3.8, 4) is 0 Å². The fourth-order valence-corrected chi connectivity index (χ4v) is 3.04. The predicted octanol–water partition coefficient (Wildman–Crippen LogP) is 3.32. The zero-order chi connectivity index (χ0) is 17.8. The Morgan fingerprint density at radius 1 is 1.12 bits per heavy atom. The maximum absolute atomic E-state index is 12.2. The Morgan fingerprint density at radius 2 is 1.88 bits per heavy atom.